The van der Waals surface area contributed by atoms with Gasteiger partial charge in [0.05, 0.1) is 19.8 Å². The van der Waals surface area contributed by atoms with Gasteiger partial charge in [0, 0.05) is 18.9 Å². The lowest BCUT2D eigenvalue weighted by Gasteiger charge is -2.42. The predicted molar refractivity (Wildman–Crippen MR) is 116 cm³/mol. The van der Waals surface area contributed by atoms with Crippen molar-refractivity contribution in [2.45, 2.75) is 51.6 Å². The summed E-state index contributed by atoms with van der Waals surface area (Å²) < 4.78 is 23.3. The van der Waals surface area contributed by atoms with Crippen molar-refractivity contribution in [2.24, 2.45) is 5.41 Å². The van der Waals surface area contributed by atoms with Crippen molar-refractivity contribution in [1.29, 1.82) is 0 Å². The van der Waals surface area contributed by atoms with E-state index in [4.69, 9.17) is 18.9 Å². The number of hydrogen-bond acceptors (Lipinski definition) is 5. The molecule has 1 saturated heterocycles. The van der Waals surface area contributed by atoms with Crippen LogP contribution in [0.5, 0.6) is 5.75 Å². The molecular weight excluding hydrogens is 380 g/mol. The summed E-state index contributed by atoms with van der Waals surface area (Å²) in [6, 6.07) is 17.6. The second kappa shape index (κ2) is 9.48. The van der Waals surface area contributed by atoms with E-state index in [0.29, 0.717) is 38.4 Å². The SMILES string of the molecule is COCC(O)(CCC1(C)OCC(C)(C)CO1)c1cccc(OCc2ccccc2)c1. The van der Waals surface area contributed by atoms with E-state index < -0.39 is 11.4 Å². The van der Waals surface area contributed by atoms with Gasteiger partial charge in [0.15, 0.2) is 5.79 Å². The Morgan fingerprint density at radius 2 is 1.70 bits per heavy atom. The fourth-order valence-corrected chi connectivity index (χ4v) is 3.51. The maximum atomic E-state index is 11.4. The van der Waals surface area contributed by atoms with Crippen LogP contribution in [0.1, 0.15) is 44.7 Å². The van der Waals surface area contributed by atoms with Crippen molar-refractivity contribution in [3.05, 3.63) is 65.7 Å². The van der Waals surface area contributed by atoms with Crippen molar-refractivity contribution in [1.82, 2.24) is 0 Å². The van der Waals surface area contributed by atoms with Crippen LogP contribution in [0.4, 0.5) is 0 Å². The Bertz CT molecular complexity index is 794. The molecule has 1 aliphatic heterocycles. The lowest BCUT2D eigenvalue weighted by atomic mass is 9.87. The van der Waals surface area contributed by atoms with Gasteiger partial charge in [-0.15, -0.1) is 0 Å². The highest BCUT2D eigenvalue weighted by molar-refractivity contribution is 5.33. The minimum absolute atomic E-state index is 0.00671. The summed E-state index contributed by atoms with van der Waals surface area (Å²) in [5, 5.41) is 11.4. The molecule has 3 rings (SSSR count). The molecule has 2 aromatic carbocycles. The molecule has 1 fully saturated rings. The fraction of sp³-hybridized carbons (Fsp3) is 0.520. The highest BCUT2D eigenvalue weighted by Crippen LogP contribution is 2.37. The van der Waals surface area contributed by atoms with Gasteiger partial charge in [-0.25, -0.2) is 0 Å². The third kappa shape index (κ3) is 6.05. The molecule has 1 heterocycles. The van der Waals surface area contributed by atoms with Gasteiger partial charge in [0.1, 0.15) is 18.0 Å². The first-order valence-corrected chi connectivity index (χ1v) is 10.5. The molecule has 0 spiro atoms. The molecule has 5 heteroatoms. The molecule has 0 aromatic heterocycles. The summed E-state index contributed by atoms with van der Waals surface area (Å²) in [7, 11) is 1.60. The van der Waals surface area contributed by atoms with Crippen molar-refractivity contribution in [3.8, 4) is 5.75 Å². The average molecular weight is 415 g/mol. The van der Waals surface area contributed by atoms with Crippen LogP contribution < -0.4 is 4.74 Å². The zero-order chi connectivity index (χ0) is 21.7. The summed E-state index contributed by atoms with van der Waals surface area (Å²) in [6.07, 6.45) is 0.998. The Kier molecular flexibility index (Phi) is 7.19. The van der Waals surface area contributed by atoms with Gasteiger partial charge < -0.3 is 24.1 Å². The van der Waals surface area contributed by atoms with E-state index >= 15 is 0 Å². The number of methoxy groups -OCH3 is 1. The van der Waals surface area contributed by atoms with Crippen LogP contribution in [0.2, 0.25) is 0 Å². The summed E-state index contributed by atoms with van der Waals surface area (Å²) in [5.41, 5.74) is 0.697. The van der Waals surface area contributed by atoms with Crippen LogP contribution in [0, 0.1) is 5.41 Å². The van der Waals surface area contributed by atoms with E-state index in [9.17, 15) is 5.11 Å². The molecular formula is C25H34O5. The highest BCUT2D eigenvalue weighted by Gasteiger charge is 2.40. The van der Waals surface area contributed by atoms with E-state index in [1.807, 2.05) is 61.5 Å². The summed E-state index contributed by atoms with van der Waals surface area (Å²) >= 11 is 0. The molecule has 1 unspecified atom stereocenters. The van der Waals surface area contributed by atoms with E-state index in [0.717, 1.165) is 11.1 Å². The molecule has 0 radical (unpaired) electrons. The van der Waals surface area contributed by atoms with E-state index in [1.54, 1.807) is 7.11 Å². The number of ether oxygens (including phenoxy) is 4. The maximum absolute atomic E-state index is 11.4. The van der Waals surface area contributed by atoms with Crippen LogP contribution >= 0.6 is 0 Å². The topological polar surface area (TPSA) is 57.2 Å². The number of rotatable bonds is 9. The highest BCUT2D eigenvalue weighted by atomic mass is 16.7. The smallest absolute Gasteiger partial charge is 0.165 e. The molecule has 1 atom stereocenters. The Balaban J connectivity index is 1.68. The quantitative estimate of drug-likeness (QED) is 0.646. The molecule has 164 valence electrons. The van der Waals surface area contributed by atoms with Gasteiger partial charge >= 0.3 is 0 Å². The third-order valence-corrected chi connectivity index (χ3v) is 5.53. The Hall–Kier alpha value is -1.92. The first-order valence-electron chi connectivity index (χ1n) is 10.5. The molecule has 0 aliphatic carbocycles. The number of hydrogen-bond donors (Lipinski definition) is 1. The van der Waals surface area contributed by atoms with Gasteiger partial charge in [0.25, 0.3) is 0 Å². The van der Waals surface area contributed by atoms with E-state index in [1.165, 1.54) is 0 Å². The molecule has 1 aliphatic rings. The fourth-order valence-electron chi connectivity index (χ4n) is 3.51. The van der Waals surface area contributed by atoms with Crippen LogP contribution in [0.25, 0.3) is 0 Å². The summed E-state index contributed by atoms with van der Waals surface area (Å²) in [5.74, 6) is 0.00238. The Labute approximate surface area is 179 Å². The van der Waals surface area contributed by atoms with Crippen LogP contribution in [0.3, 0.4) is 0 Å². The van der Waals surface area contributed by atoms with Crippen molar-refractivity contribution in [3.63, 3.8) is 0 Å². The van der Waals surface area contributed by atoms with Crippen molar-refractivity contribution in [2.75, 3.05) is 26.9 Å². The lowest BCUT2D eigenvalue weighted by molar-refractivity contribution is -0.295. The van der Waals surface area contributed by atoms with Crippen LogP contribution in [0.15, 0.2) is 54.6 Å². The monoisotopic (exact) mass is 414 g/mol. The molecule has 0 bridgehead atoms. The first-order chi connectivity index (χ1) is 14.2. The molecule has 5 nitrogen and oxygen atoms in total. The largest absolute Gasteiger partial charge is 0.489 e. The summed E-state index contributed by atoms with van der Waals surface area (Å²) in [4.78, 5) is 0. The Morgan fingerprint density at radius 1 is 1.00 bits per heavy atom. The molecule has 0 amide bonds. The minimum Gasteiger partial charge on any atom is -0.489 e. The average Bonchev–Trinajstić information content (AvgIpc) is 2.75. The van der Waals surface area contributed by atoms with Crippen LogP contribution in [-0.2, 0) is 26.4 Å². The minimum atomic E-state index is -1.16. The van der Waals surface area contributed by atoms with Gasteiger partial charge in [-0.2, -0.15) is 0 Å². The van der Waals surface area contributed by atoms with E-state index in [2.05, 4.69) is 13.8 Å². The van der Waals surface area contributed by atoms with Crippen molar-refractivity contribution >= 4 is 0 Å². The second-order valence-corrected chi connectivity index (χ2v) is 9.14. The molecule has 1 N–H and O–H groups in total. The Morgan fingerprint density at radius 3 is 2.37 bits per heavy atom. The maximum Gasteiger partial charge on any atom is 0.165 e. The zero-order valence-corrected chi connectivity index (χ0v) is 18.5. The second-order valence-electron chi connectivity index (χ2n) is 9.14. The third-order valence-electron chi connectivity index (χ3n) is 5.53. The number of benzene rings is 2. The standard InChI is InChI=1S/C25H34O5/c1-23(2)17-29-24(3,30-18-23)13-14-25(26,19-27-4)21-11-8-12-22(15-21)28-16-20-9-6-5-7-10-20/h5-12,15,26H,13-14,16-19H2,1-4H3. The zero-order valence-electron chi connectivity index (χ0n) is 18.5. The molecule has 2 aromatic rings. The lowest BCUT2D eigenvalue weighted by Crippen LogP contribution is -2.46. The number of aliphatic hydroxyl groups is 1. The van der Waals surface area contributed by atoms with E-state index in [-0.39, 0.29) is 12.0 Å². The normalized spacial score (nSPS) is 19.8. The molecule has 0 saturated carbocycles. The van der Waals surface area contributed by atoms with Gasteiger partial charge in [-0.1, -0.05) is 56.3 Å². The van der Waals surface area contributed by atoms with Gasteiger partial charge in [-0.3, -0.25) is 0 Å². The van der Waals surface area contributed by atoms with Gasteiger partial charge in [0.2, 0.25) is 0 Å². The van der Waals surface area contributed by atoms with Crippen molar-refractivity contribution < 1.29 is 24.1 Å². The van der Waals surface area contributed by atoms with Gasteiger partial charge in [-0.05, 0) is 36.6 Å². The predicted octanol–water partition coefficient (Wildman–Crippen LogP) is 4.67. The summed E-state index contributed by atoms with van der Waals surface area (Å²) in [6.45, 7) is 8.10. The first kappa shape index (κ1) is 22.8. The molecule has 30 heavy (non-hydrogen) atoms. The van der Waals surface area contributed by atoms with Crippen LogP contribution in [-0.4, -0.2) is 37.8 Å².